The molecule has 4 nitrogen and oxygen atoms in total. The number of ether oxygens (including phenoxy) is 2. The third-order valence-electron chi connectivity index (χ3n) is 4.27. The second-order valence-electron chi connectivity index (χ2n) is 6.19. The summed E-state index contributed by atoms with van der Waals surface area (Å²) in [6, 6.07) is 18.5. The van der Waals surface area contributed by atoms with Gasteiger partial charge in [-0.25, -0.2) is 4.39 Å². The summed E-state index contributed by atoms with van der Waals surface area (Å²) in [7, 11) is 0. The minimum Gasteiger partial charge on any atom is -0.489 e. The molecular formula is C22H24FNO3. The molecule has 5 heteroatoms. The lowest BCUT2D eigenvalue weighted by Crippen LogP contribution is -2.20. The van der Waals surface area contributed by atoms with Gasteiger partial charge in [-0.05, 0) is 34.5 Å². The third kappa shape index (κ3) is 5.50. The van der Waals surface area contributed by atoms with Crippen LogP contribution in [0.5, 0.6) is 5.75 Å². The zero-order chi connectivity index (χ0) is 18.9. The number of fused-ring (bicyclic) bond motifs is 1. The van der Waals surface area contributed by atoms with Crippen molar-refractivity contribution < 1.29 is 19.0 Å². The first-order chi connectivity index (χ1) is 13.3. The number of halogens is 1. The van der Waals surface area contributed by atoms with Crippen molar-refractivity contribution in [3.63, 3.8) is 0 Å². The lowest BCUT2D eigenvalue weighted by Gasteiger charge is -2.15. The number of aliphatic hydroxyl groups excluding tert-OH is 1. The van der Waals surface area contributed by atoms with Crippen molar-refractivity contribution in [1.29, 1.82) is 0 Å². The van der Waals surface area contributed by atoms with E-state index in [1.807, 2.05) is 24.3 Å². The molecule has 0 aliphatic rings. The van der Waals surface area contributed by atoms with E-state index in [1.165, 1.54) is 12.1 Å². The minimum atomic E-state index is -0.252. The molecule has 0 amide bonds. The second-order valence-corrected chi connectivity index (χ2v) is 6.19. The fraction of sp³-hybridized carbons (Fsp3) is 0.273. The normalized spacial score (nSPS) is 11.0. The highest BCUT2D eigenvalue weighted by Crippen LogP contribution is 2.28. The highest BCUT2D eigenvalue weighted by molar-refractivity contribution is 5.87. The lowest BCUT2D eigenvalue weighted by molar-refractivity contribution is 0.0938. The van der Waals surface area contributed by atoms with Gasteiger partial charge in [0, 0.05) is 18.7 Å². The Morgan fingerprint density at radius 2 is 1.74 bits per heavy atom. The van der Waals surface area contributed by atoms with Crippen molar-refractivity contribution in [2.24, 2.45) is 0 Å². The molecule has 3 aromatic rings. The van der Waals surface area contributed by atoms with Gasteiger partial charge in [-0.15, -0.1) is 0 Å². The van der Waals surface area contributed by atoms with Gasteiger partial charge < -0.3 is 19.9 Å². The predicted molar refractivity (Wildman–Crippen MR) is 104 cm³/mol. The molecule has 0 aliphatic carbocycles. The average Bonchev–Trinajstić information content (AvgIpc) is 2.70. The lowest BCUT2D eigenvalue weighted by atomic mass is 10.0. The fourth-order valence-corrected chi connectivity index (χ4v) is 2.90. The first-order valence-corrected chi connectivity index (χ1v) is 9.05. The van der Waals surface area contributed by atoms with Crippen LogP contribution in [0.2, 0.25) is 0 Å². The van der Waals surface area contributed by atoms with E-state index >= 15 is 0 Å². The number of hydrogen-bond acceptors (Lipinski definition) is 4. The zero-order valence-corrected chi connectivity index (χ0v) is 15.2. The Labute approximate surface area is 158 Å². The average molecular weight is 369 g/mol. The summed E-state index contributed by atoms with van der Waals surface area (Å²) in [6.07, 6.45) is 0. The van der Waals surface area contributed by atoms with Crippen LogP contribution in [0.15, 0.2) is 60.7 Å². The van der Waals surface area contributed by atoms with Crippen molar-refractivity contribution in [1.82, 2.24) is 5.32 Å². The molecule has 0 atom stereocenters. The zero-order valence-electron chi connectivity index (χ0n) is 15.2. The minimum absolute atomic E-state index is 0.0324. The highest BCUT2D eigenvalue weighted by Gasteiger charge is 2.09. The molecule has 2 N–H and O–H groups in total. The van der Waals surface area contributed by atoms with E-state index in [2.05, 4.69) is 17.4 Å². The molecule has 27 heavy (non-hydrogen) atoms. The van der Waals surface area contributed by atoms with E-state index in [1.54, 1.807) is 12.1 Å². The van der Waals surface area contributed by atoms with Crippen molar-refractivity contribution in [2.45, 2.75) is 13.2 Å². The summed E-state index contributed by atoms with van der Waals surface area (Å²) in [6.45, 7) is 2.62. The summed E-state index contributed by atoms with van der Waals surface area (Å²) >= 11 is 0. The van der Waals surface area contributed by atoms with Crippen LogP contribution in [-0.2, 0) is 17.9 Å². The summed E-state index contributed by atoms with van der Waals surface area (Å²) in [5.41, 5.74) is 2.00. The second kappa shape index (κ2) is 10.0. The smallest absolute Gasteiger partial charge is 0.124 e. The number of rotatable bonds is 10. The molecule has 0 radical (unpaired) electrons. The molecule has 0 aliphatic heterocycles. The Bertz CT molecular complexity index is 852. The van der Waals surface area contributed by atoms with E-state index in [0.717, 1.165) is 27.6 Å². The maximum Gasteiger partial charge on any atom is 0.124 e. The van der Waals surface area contributed by atoms with Gasteiger partial charge in [-0.3, -0.25) is 0 Å². The van der Waals surface area contributed by atoms with E-state index in [4.69, 9.17) is 14.6 Å². The molecule has 0 heterocycles. The van der Waals surface area contributed by atoms with Crippen LogP contribution in [0.3, 0.4) is 0 Å². The van der Waals surface area contributed by atoms with Crippen LogP contribution in [0.25, 0.3) is 10.8 Å². The molecule has 0 saturated carbocycles. The Hall–Kier alpha value is -2.47. The summed E-state index contributed by atoms with van der Waals surface area (Å²) in [4.78, 5) is 0. The van der Waals surface area contributed by atoms with Crippen molar-refractivity contribution in [3.05, 3.63) is 77.6 Å². The molecule has 0 bridgehead atoms. The highest BCUT2D eigenvalue weighted by atomic mass is 19.1. The molecule has 3 rings (SSSR count). The van der Waals surface area contributed by atoms with E-state index in [9.17, 15) is 4.39 Å². The van der Waals surface area contributed by atoms with Crippen LogP contribution in [0, 0.1) is 5.82 Å². The summed E-state index contributed by atoms with van der Waals surface area (Å²) in [5, 5.41) is 14.4. The van der Waals surface area contributed by atoms with E-state index < -0.39 is 0 Å². The van der Waals surface area contributed by atoms with E-state index in [-0.39, 0.29) is 12.4 Å². The number of aliphatic hydroxyl groups is 1. The molecule has 3 aromatic carbocycles. The SMILES string of the molecule is OCCOCCNCc1c(OCc2ccc(F)cc2)ccc2ccccc12. The van der Waals surface area contributed by atoms with Gasteiger partial charge in [-0.1, -0.05) is 42.5 Å². The third-order valence-corrected chi connectivity index (χ3v) is 4.27. The first-order valence-electron chi connectivity index (χ1n) is 9.05. The maximum atomic E-state index is 13.1. The number of nitrogens with one attached hydrogen (secondary N) is 1. The summed E-state index contributed by atoms with van der Waals surface area (Å²) < 4.78 is 24.4. The molecule has 0 unspecified atom stereocenters. The van der Waals surface area contributed by atoms with Crippen LogP contribution in [-0.4, -0.2) is 31.5 Å². The standard InChI is InChI=1S/C22H24FNO3/c23-19-8-5-17(6-9-19)16-27-22-10-7-18-3-1-2-4-20(18)21(22)15-24-11-13-26-14-12-25/h1-10,24-25H,11-16H2. The van der Waals surface area contributed by atoms with Crippen molar-refractivity contribution in [2.75, 3.05) is 26.4 Å². The van der Waals surface area contributed by atoms with Crippen LogP contribution in [0.4, 0.5) is 4.39 Å². The molecule has 0 spiro atoms. The molecule has 0 saturated heterocycles. The van der Waals surface area contributed by atoms with Gasteiger partial charge in [0.05, 0.1) is 19.8 Å². The largest absolute Gasteiger partial charge is 0.489 e. The van der Waals surface area contributed by atoms with E-state index in [0.29, 0.717) is 32.9 Å². The molecule has 0 aromatic heterocycles. The van der Waals surface area contributed by atoms with Gasteiger partial charge >= 0.3 is 0 Å². The maximum absolute atomic E-state index is 13.1. The monoisotopic (exact) mass is 369 g/mol. The van der Waals surface area contributed by atoms with Gasteiger partial charge in [0.15, 0.2) is 0 Å². The predicted octanol–water partition coefficient (Wildman–Crippen LogP) is 3.66. The molecule has 0 fully saturated rings. The van der Waals surface area contributed by atoms with Gasteiger partial charge in [0.2, 0.25) is 0 Å². The van der Waals surface area contributed by atoms with Crippen molar-refractivity contribution >= 4 is 10.8 Å². The molecule has 142 valence electrons. The van der Waals surface area contributed by atoms with Crippen LogP contribution >= 0.6 is 0 Å². The van der Waals surface area contributed by atoms with Crippen LogP contribution in [0.1, 0.15) is 11.1 Å². The van der Waals surface area contributed by atoms with Gasteiger partial charge in [0.1, 0.15) is 18.2 Å². The first kappa shape index (κ1) is 19.3. The number of hydrogen-bond donors (Lipinski definition) is 2. The quantitative estimate of drug-likeness (QED) is 0.536. The Balaban J connectivity index is 1.71. The fourth-order valence-electron chi connectivity index (χ4n) is 2.90. The Morgan fingerprint density at radius 3 is 2.56 bits per heavy atom. The molecular weight excluding hydrogens is 345 g/mol. The Kier molecular flexibility index (Phi) is 7.16. The van der Waals surface area contributed by atoms with Crippen LogP contribution < -0.4 is 10.1 Å². The van der Waals surface area contributed by atoms with Gasteiger partial charge in [-0.2, -0.15) is 0 Å². The summed E-state index contributed by atoms with van der Waals surface area (Å²) in [5.74, 6) is 0.555. The Morgan fingerprint density at radius 1 is 0.926 bits per heavy atom. The van der Waals surface area contributed by atoms with Crippen molar-refractivity contribution in [3.8, 4) is 5.75 Å². The van der Waals surface area contributed by atoms with Gasteiger partial charge in [0.25, 0.3) is 0 Å². The number of benzene rings is 3. The topological polar surface area (TPSA) is 50.7 Å².